The second-order valence-electron chi connectivity index (χ2n) is 4.27. The Balaban J connectivity index is 2.05. The minimum Gasteiger partial charge on any atom is -0.368 e. The normalized spacial score (nSPS) is 24.5. The first-order chi connectivity index (χ1) is 7.92. The number of allylic oxidation sites excluding steroid dienone is 2. The minimum absolute atomic E-state index is 0.456. The summed E-state index contributed by atoms with van der Waals surface area (Å²) < 4.78 is 0. The molecule has 0 amide bonds. The number of nitrogens with one attached hydrogen (secondary N) is 2. The average molecular weight is 219 g/mol. The van der Waals surface area contributed by atoms with Crippen molar-refractivity contribution >= 4 is 0 Å². The van der Waals surface area contributed by atoms with Crippen LogP contribution < -0.4 is 10.6 Å². The molecular weight excluding hydrogens is 198 g/mol. The highest BCUT2D eigenvalue weighted by molar-refractivity contribution is 5.17. The van der Waals surface area contributed by atoms with E-state index in [9.17, 15) is 0 Å². The van der Waals surface area contributed by atoms with E-state index in [0.717, 1.165) is 19.6 Å². The van der Waals surface area contributed by atoms with Gasteiger partial charge >= 0.3 is 0 Å². The zero-order valence-corrected chi connectivity index (χ0v) is 9.78. The Labute approximate surface area is 97.9 Å². The number of piperidine rings is 1. The molecule has 0 aliphatic carbocycles. The quantitative estimate of drug-likeness (QED) is 0.703. The summed E-state index contributed by atoms with van der Waals surface area (Å²) in [7, 11) is 0. The maximum atomic E-state index is 3.85. The highest BCUT2D eigenvalue weighted by Crippen LogP contribution is 2.16. The Bertz CT molecular complexity index is 288. The molecule has 2 rings (SSSR count). The van der Waals surface area contributed by atoms with Gasteiger partial charge in [0.1, 0.15) is 5.82 Å². The Kier molecular flexibility index (Phi) is 4.05. The van der Waals surface area contributed by atoms with Crippen LogP contribution in [0.4, 0.5) is 0 Å². The molecule has 2 heterocycles. The lowest BCUT2D eigenvalue weighted by Gasteiger charge is -2.38. The van der Waals surface area contributed by atoms with E-state index in [0.29, 0.717) is 6.17 Å². The van der Waals surface area contributed by atoms with Crippen molar-refractivity contribution in [1.29, 1.82) is 0 Å². The van der Waals surface area contributed by atoms with Gasteiger partial charge in [-0.15, -0.1) is 6.58 Å². The van der Waals surface area contributed by atoms with Gasteiger partial charge in [0.05, 0.1) is 6.17 Å². The lowest BCUT2D eigenvalue weighted by atomic mass is 10.1. The van der Waals surface area contributed by atoms with Gasteiger partial charge in [-0.1, -0.05) is 18.2 Å². The van der Waals surface area contributed by atoms with Crippen molar-refractivity contribution in [2.45, 2.75) is 25.4 Å². The fraction of sp³-hybridized carbons (Fsp3) is 0.538. The molecule has 1 saturated heterocycles. The first-order valence-corrected chi connectivity index (χ1v) is 6.13. The fourth-order valence-electron chi connectivity index (χ4n) is 2.28. The van der Waals surface area contributed by atoms with Crippen LogP contribution in [-0.2, 0) is 0 Å². The highest BCUT2D eigenvalue weighted by atomic mass is 15.3. The number of hydrogen-bond acceptors (Lipinski definition) is 3. The zero-order valence-electron chi connectivity index (χ0n) is 9.78. The molecule has 0 aromatic heterocycles. The zero-order chi connectivity index (χ0) is 11.2. The Morgan fingerprint density at radius 3 is 3.06 bits per heavy atom. The molecule has 3 nitrogen and oxygen atoms in total. The van der Waals surface area contributed by atoms with Crippen LogP contribution in [0.3, 0.4) is 0 Å². The van der Waals surface area contributed by atoms with E-state index < -0.39 is 0 Å². The van der Waals surface area contributed by atoms with E-state index in [1.807, 2.05) is 6.08 Å². The summed E-state index contributed by atoms with van der Waals surface area (Å²) in [6, 6.07) is 0. The largest absolute Gasteiger partial charge is 0.368 e. The van der Waals surface area contributed by atoms with Gasteiger partial charge in [-0.05, 0) is 31.9 Å². The maximum Gasteiger partial charge on any atom is 0.103 e. The van der Waals surface area contributed by atoms with Crippen molar-refractivity contribution in [1.82, 2.24) is 15.5 Å². The van der Waals surface area contributed by atoms with Gasteiger partial charge in [0.2, 0.25) is 0 Å². The van der Waals surface area contributed by atoms with E-state index in [2.05, 4.69) is 40.3 Å². The van der Waals surface area contributed by atoms with Gasteiger partial charge < -0.3 is 10.2 Å². The molecule has 16 heavy (non-hydrogen) atoms. The van der Waals surface area contributed by atoms with E-state index >= 15 is 0 Å². The van der Waals surface area contributed by atoms with Crippen LogP contribution >= 0.6 is 0 Å². The lowest BCUT2D eigenvalue weighted by molar-refractivity contribution is 0.183. The van der Waals surface area contributed by atoms with Gasteiger partial charge in [0.15, 0.2) is 0 Å². The van der Waals surface area contributed by atoms with Crippen molar-refractivity contribution in [2.24, 2.45) is 0 Å². The van der Waals surface area contributed by atoms with Gasteiger partial charge in [0, 0.05) is 13.1 Å². The number of dihydropyridines is 1. The molecule has 88 valence electrons. The average Bonchev–Trinajstić information content (AvgIpc) is 2.38. The second-order valence-corrected chi connectivity index (χ2v) is 4.27. The molecule has 2 aliphatic rings. The van der Waals surface area contributed by atoms with Crippen LogP contribution in [0.5, 0.6) is 0 Å². The van der Waals surface area contributed by atoms with E-state index in [1.54, 1.807) is 0 Å². The fourth-order valence-corrected chi connectivity index (χ4v) is 2.28. The monoisotopic (exact) mass is 219 g/mol. The lowest BCUT2D eigenvalue weighted by Crippen LogP contribution is -2.50. The molecule has 1 atom stereocenters. The van der Waals surface area contributed by atoms with Crippen LogP contribution in [0.1, 0.15) is 19.3 Å². The first-order valence-electron chi connectivity index (χ1n) is 6.13. The van der Waals surface area contributed by atoms with E-state index in [4.69, 9.17) is 0 Å². The Morgan fingerprint density at radius 2 is 2.44 bits per heavy atom. The van der Waals surface area contributed by atoms with Crippen molar-refractivity contribution in [3.05, 3.63) is 36.7 Å². The number of nitrogens with zero attached hydrogens (tertiary/aromatic N) is 1. The third kappa shape index (κ3) is 2.67. The minimum atomic E-state index is 0.456. The molecule has 0 radical (unpaired) electrons. The molecule has 2 N–H and O–H groups in total. The summed E-state index contributed by atoms with van der Waals surface area (Å²) in [5.41, 5.74) is 0. The van der Waals surface area contributed by atoms with Crippen LogP contribution in [-0.4, -0.2) is 30.7 Å². The third-order valence-corrected chi connectivity index (χ3v) is 3.09. The third-order valence-electron chi connectivity index (χ3n) is 3.09. The van der Waals surface area contributed by atoms with Gasteiger partial charge in [-0.25, -0.2) is 0 Å². The summed E-state index contributed by atoms with van der Waals surface area (Å²) >= 11 is 0. The van der Waals surface area contributed by atoms with Gasteiger partial charge in [-0.2, -0.15) is 0 Å². The highest BCUT2D eigenvalue weighted by Gasteiger charge is 2.21. The summed E-state index contributed by atoms with van der Waals surface area (Å²) in [4.78, 5) is 2.37. The molecule has 3 heteroatoms. The first kappa shape index (κ1) is 11.3. The summed E-state index contributed by atoms with van der Waals surface area (Å²) in [6.45, 7) is 6.79. The molecule has 0 aromatic carbocycles. The van der Waals surface area contributed by atoms with Gasteiger partial charge in [0.25, 0.3) is 0 Å². The number of rotatable bonds is 4. The second kappa shape index (κ2) is 5.75. The standard InChI is InChI=1S/C13H21N3/c1-2-11-16(12-7-3-5-9-14-12)13-8-4-6-10-15-13/h2-3,5,7,13-15H,1,4,6,8-11H2. The number of hydrogen-bond donors (Lipinski definition) is 2. The van der Waals surface area contributed by atoms with Gasteiger partial charge in [-0.3, -0.25) is 5.32 Å². The smallest absolute Gasteiger partial charge is 0.103 e. The van der Waals surface area contributed by atoms with Crippen LogP contribution in [0.15, 0.2) is 36.7 Å². The summed E-state index contributed by atoms with van der Waals surface area (Å²) in [5, 5.41) is 6.99. The predicted molar refractivity (Wildman–Crippen MR) is 67.8 cm³/mol. The van der Waals surface area contributed by atoms with Crippen LogP contribution in [0.2, 0.25) is 0 Å². The Hall–Kier alpha value is -1.22. The topological polar surface area (TPSA) is 27.3 Å². The van der Waals surface area contributed by atoms with Crippen LogP contribution in [0, 0.1) is 0 Å². The van der Waals surface area contributed by atoms with E-state index in [-0.39, 0.29) is 0 Å². The van der Waals surface area contributed by atoms with Crippen molar-refractivity contribution in [3.8, 4) is 0 Å². The Morgan fingerprint density at radius 1 is 1.50 bits per heavy atom. The predicted octanol–water partition coefficient (Wildman–Crippen LogP) is 1.57. The van der Waals surface area contributed by atoms with Crippen molar-refractivity contribution < 1.29 is 0 Å². The molecular formula is C13H21N3. The van der Waals surface area contributed by atoms with Crippen LogP contribution in [0.25, 0.3) is 0 Å². The molecule has 0 saturated carbocycles. The summed E-state index contributed by atoms with van der Waals surface area (Å²) in [6.07, 6.45) is 12.6. The van der Waals surface area contributed by atoms with Crippen molar-refractivity contribution in [2.75, 3.05) is 19.6 Å². The molecule has 2 aliphatic heterocycles. The summed E-state index contributed by atoms with van der Waals surface area (Å²) in [5.74, 6) is 1.21. The maximum absolute atomic E-state index is 3.85. The van der Waals surface area contributed by atoms with E-state index in [1.165, 1.54) is 25.1 Å². The molecule has 1 unspecified atom stereocenters. The SMILES string of the molecule is C=CCN(C1=CC=CCN1)C1CCCCN1. The molecule has 0 bridgehead atoms. The molecule has 0 aromatic rings. The molecule has 1 fully saturated rings. The molecule has 0 spiro atoms. The van der Waals surface area contributed by atoms with Crippen molar-refractivity contribution in [3.63, 3.8) is 0 Å².